The van der Waals surface area contributed by atoms with Crippen molar-refractivity contribution in [3.63, 3.8) is 0 Å². The number of pyridine rings is 1. The molecule has 116 valence electrons. The Morgan fingerprint density at radius 1 is 1.27 bits per heavy atom. The van der Waals surface area contributed by atoms with Crippen molar-refractivity contribution in [1.29, 1.82) is 0 Å². The molecule has 1 aromatic heterocycles. The molecular formula is C18H22N2O2. The Morgan fingerprint density at radius 3 is 2.82 bits per heavy atom. The molecule has 2 aromatic rings. The molecule has 0 radical (unpaired) electrons. The van der Waals surface area contributed by atoms with Gasteiger partial charge in [-0.25, -0.2) is 0 Å². The second kappa shape index (κ2) is 8.17. The number of nitrogens with one attached hydrogen (secondary N) is 1. The van der Waals surface area contributed by atoms with Gasteiger partial charge in [-0.1, -0.05) is 31.2 Å². The highest BCUT2D eigenvalue weighted by atomic mass is 16.5. The van der Waals surface area contributed by atoms with Gasteiger partial charge in [-0.2, -0.15) is 0 Å². The van der Waals surface area contributed by atoms with E-state index >= 15 is 0 Å². The molecule has 0 aliphatic rings. The fourth-order valence-corrected chi connectivity index (χ4v) is 2.38. The van der Waals surface area contributed by atoms with Crippen LogP contribution in [0.1, 0.15) is 30.4 Å². The highest BCUT2D eigenvalue weighted by molar-refractivity contribution is 5.76. The van der Waals surface area contributed by atoms with Crippen LogP contribution in [0.4, 0.5) is 0 Å². The summed E-state index contributed by atoms with van der Waals surface area (Å²) >= 11 is 0. The van der Waals surface area contributed by atoms with Crippen molar-refractivity contribution in [2.45, 2.75) is 25.7 Å². The fourth-order valence-electron chi connectivity index (χ4n) is 2.38. The van der Waals surface area contributed by atoms with E-state index in [1.165, 1.54) is 0 Å². The standard InChI is InChI=1S/C18H22N2O2/c1-14(16-7-5-10-19-13-16)12-18(21)20-11-9-15-6-3-4-8-17(15)22-2/h3-8,10,13-14H,9,11-12H2,1-2H3,(H,20,21). The summed E-state index contributed by atoms with van der Waals surface area (Å²) in [4.78, 5) is 16.1. The number of rotatable bonds is 7. The van der Waals surface area contributed by atoms with E-state index in [1.54, 1.807) is 13.3 Å². The molecule has 1 atom stereocenters. The zero-order chi connectivity index (χ0) is 15.8. The smallest absolute Gasteiger partial charge is 0.220 e. The van der Waals surface area contributed by atoms with Crippen LogP contribution < -0.4 is 10.1 Å². The zero-order valence-corrected chi connectivity index (χ0v) is 13.1. The van der Waals surface area contributed by atoms with E-state index in [9.17, 15) is 4.79 Å². The van der Waals surface area contributed by atoms with Crippen LogP contribution in [0.5, 0.6) is 5.75 Å². The number of hydrogen-bond acceptors (Lipinski definition) is 3. The summed E-state index contributed by atoms with van der Waals surface area (Å²) in [6, 6.07) is 11.8. The molecule has 1 aromatic carbocycles. The number of nitrogens with zero attached hydrogens (tertiary/aromatic N) is 1. The topological polar surface area (TPSA) is 51.2 Å². The van der Waals surface area contributed by atoms with Crippen molar-refractivity contribution in [3.05, 3.63) is 59.9 Å². The van der Waals surface area contributed by atoms with Gasteiger partial charge in [0.05, 0.1) is 7.11 Å². The molecule has 1 unspecified atom stereocenters. The number of amides is 1. The lowest BCUT2D eigenvalue weighted by Gasteiger charge is -2.12. The Bertz CT molecular complexity index is 599. The van der Waals surface area contributed by atoms with Crippen LogP contribution in [-0.4, -0.2) is 24.5 Å². The van der Waals surface area contributed by atoms with Gasteiger partial charge in [0.1, 0.15) is 5.75 Å². The first-order valence-electron chi connectivity index (χ1n) is 7.49. The molecule has 0 fully saturated rings. The predicted molar refractivity (Wildman–Crippen MR) is 87.0 cm³/mol. The first-order chi connectivity index (χ1) is 10.7. The van der Waals surface area contributed by atoms with Crippen LogP contribution in [0.3, 0.4) is 0 Å². The number of benzene rings is 1. The molecule has 22 heavy (non-hydrogen) atoms. The number of hydrogen-bond donors (Lipinski definition) is 1. The molecule has 0 spiro atoms. The van der Waals surface area contributed by atoms with E-state index in [1.807, 2.05) is 49.5 Å². The summed E-state index contributed by atoms with van der Waals surface area (Å²) in [6.45, 7) is 2.65. The first kappa shape index (κ1) is 16.0. The second-order valence-corrected chi connectivity index (χ2v) is 5.30. The second-order valence-electron chi connectivity index (χ2n) is 5.30. The summed E-state index contributed by atoms with van der Waals surface area (Å²) in [7, 11) is 1.66. The van der Waals surface area contributed by atoms with Crippen molar-refractivity contribution in [2.75, 3.05) is 13.7 Å². The van der Waals surface area contributed by atoms with Gasteiger partial charge in [-0.3, -0.25) is 9.78 Å². The highest BCUT2D eigenvalue weighted by Gasteiger charge is 2.11. The van der Waals surface area contributed by atoms with Gasteiger partial charge in [0, 0.05) is 25.4 Å². The van der Waals surface area contributed by atoms with E-state index in [0.29, 0.717) is 13.0 Å². The van der Waals surface area contributed by atoms with Crippen LogP contribution in [0.2, 0.25) is 0 Å². The van der Waals surface area contributed by atoms with Crippen molar-refractivity contribution >= 4 is 5.91 Å². The first-order valence-corrected chi connectivity index (χ1v) is 7.49. The maximum absolute atomic E-state index is 12.0. The minimum Gasteiger partial charge on any atom is -0.496 e. The number of carbonyl (C=O) groups excluding carboxylic acids is 1. The molecule has 2 rings (SSSR count). The number of methoxy groups -OCH3 is 1. The van der Waals surface area contributed by atoms with Crippen LogP contribution in [0.15, 0.2) is 48.8 Å². The summed E-state index contributed by atoms with van der Waals surface area (Å²) in [5.74, 6) is 1.09. The van der Waals surface area contributed by atoms with Crippen LogP contribution in [-0.2, 0) is 11.2 Å². The van der Waals surface area contributed by atoms with Gasteiger partial charge < -0.3 is 10.1 Å². The van der Waals surface area contributed by atoms with Crippen molar-refractivity contribution in [2.24, 2.45) is 0 Å². The Balaban J connectivity index is 1.78. The number of aromatic nitrogens is 1. The zero-order valence-electron chi connectivity index (χ0n) is 13.1. The lowest BCUT2D eigenvalue weighted by atomic mass is 9.99. The molecule has 0 saturated heterocycles. The van der Waals surface area contributed by atoms with E-state index in [0.717, 1.165) is 23.3 Å². The van der Waals surface area contributed by atoms with E-state index in [4.69, 9.17) is 4.74 Å². The average Bonchev–Trinajstić information content (AvgIpc) is 2.56. The summed E-state index contributed by atoms with van der Waals surface area (Å²) in [6.07, 6.45) is 4.78. The molecule has 0 aliphatic carbocycles. The maximum Gasteiger partial charge on any atom is 0.220 e. The van der Waals surface area contributed by atoms with Crippen molar-refractivity contribution in [3.8, 4) is 5.75 Å². The number of ether oxygens (including phenoxy) is 1. The normalized spacial score (nSPS) is 11.7. The van der Waals surface area contributed by atoms with Gasteiger partial charge in [-0.15, -0.1) is 0 Å². The third-order valence-corrected chi connectivity index (χ3v) is 3.65. The van der Waals surface area contributed by atoms with Gasteiger partial charge in [0.15, 0.2) is 0 Å². The summed E-state index contributed by atoms with van der Waals surface area (Å²) in [5.41, 5.74) is 2.19. The number of carbonyl (C=O) groups is 1. The highest BCUT2D eigenvalue weighted by Crippen LogP contribution is 2.18. The molecule has 4 nitrogen and oxygen atoms in total. The molecular weight excluding hydrogens is 276 g/mol. The molecule has 0 saturated carbocycles. The van der Waals surface area contributed by atoms with Crippen molar-refractivity contribution in [1.82, 2.24) is 10.3 Å². The van der Waals surface area contributed by atoms with Gasteiger partial charge in [0.25, 0.3) is 0 Å². The van der Waals surface area contributed by atoms with Gasteiger partial charge in [0.2, 0.25) is 5.91 Å². The van der Waals surface area contributed by atoms with Crippen LogP contribution >= 0.6 is 0 Å². The largest absolute Gasteiger partial charge is 0.496 e. The molecule has 0 aliphatic heterocycles. The monoisotopic (exact) mass is 298 g/mol. The Labute approximate surface area is 131 Å². The van der Waals surface area contributed by atoms with Gasteiger partial charge in [-0.05, 0) is 35.6 Å². The quantitative estimate of drug-likeness (QED) is 0.855. The molecule has 4 heteroatoms. The minimum atomic E-state index is 0.0613. The predicted octanol–water partition coefficient (Wildman–Crippen LogP) is 2.94. The van der Waals surface area contributed by atoms with Crippen LogP contribution in [0, 0.1) is 0 Å². The minimum absolute atomic E-state index is 0.0613. The Morgan fingerprint density at radius 2 is 2.09 bits per heavy atom. The van der Waals surface area contributed by atoms with Crippen LogP contribution in [0.25, 0.3) is 0 Å². The fraction of sp³-hybridized carbons (Fsp3) is 0.333. The third kappa shape index (κ3) is 4.58. The Hall–Kier alpha value is -2.36. The number of para-hydroxylation sites is 1. The van der Waals surface area contributed by atoms with Gasteiger partial charge >= 0.3 is 0 Å². The lowest BCUT2D eigenvalue weighted by molar-refractivity contribution is -0.121. The third-order valence-electron chi connectivity index (χ3n) is 3.65. The summed E-state index contributed by atoms with van der Waals surface area (Å²) in [5, 5.41) is 2.97. The SMILES string of the molecule is COc1ccccc1CCNC(=O)CC(C)c1cccnc1. The molecule has 1 amide bonds. The Kier molecular flexibility index (Phi) is 5.95. The van der Waals surface area contributed by atoms with E-state index in [2.05, 4.69) is 10.3 Å². The molecule has 0 bridgehead atoms. The average molecular weight is 298 g/mol. The molecule has 1 heterocycles. The summed E-state index contributed by atoms with van der Waals surface area (Å²) < 4.78 is 5.31. The molecule has 1 N–H and O–H groups in total. The maximum atomic E-state index is 12.0. The lowest BCUT2D eigenvalue weighted by Crippen LogP contribution is -2.26. The van der Waals surface area contributed by atoms with Crippen molar-refractivity contribution < 1.29 is 9.53 Å². The van der Waals surface area contributed by atoms with E-state index in [-0.39, 0.29) is 11.8 Å². The van der Waals surface area contributed by atoms with E-state index < -0.39 is 0 Å².